The first-order valence-corrected chi connectivity index (χ1v) is 7.53. The van der Waals surface area contributed by atoms with Crippen molar-refractivity contribution in [2.45, 2.75) is 20.8 Å². The SMILES string of the molecule is CCN(CC)c1nc(N)nc(Oc2ccc(Br)cc2C)n1. The molecule has 0 aliphatic carbocycles. The van der Waals surface area contributed by atoms with Gasteiger partial charge in [-0.1, -0.05) is 15.9 Å². The maximum absolute atomic E-state index is 5.75. The Morgan fingerprint density at radius 3 is 2.52 bits per heavy atom. The number of aromatic nitrogens is 3. The molecule has 0 radical (unpaired) electrons. The highest BCUT2D eigenvalue weighted by Crippen LogP contribution is 2.26. The monoisotopic (exact) mass is 351 g/mol. The average Bonchev–Trinajstić information content (AvgIpc) is 2.43. The van der Waals surface area contributed by atoms with Crippen molar-refractivity contribution in [3.63, 3.8) is 0 Å². The third-order valence-corrected chi connectivity index (χ3v) is 3.50. The first-order chi connectivity index (χ1) is 10.0. The smallest absolute Gasteiger partial charge is 0.328 e. The summed E-state index contributed by atoms with van der Waals surface area (Å²) in [4.78, 5) is 14.5. The summed E-state index contributed by atoms with van der Waals surface area (Å²) in [5.74, 6) is 1.36. The average molecular weight is 352 g/mol. The number of ether oxygens (including phenoxy) is 1. The molecule has 0 aliphatic rings. The molecule has 0 unspecified atom stereocenters. The van der Waals surface area contributed by atoms with E-state index >= 15 is 0 Å². The van der Waals surface area contributed by atoms with Crippen LogP contribution in [0.3, 0.4) is 0 Å². The van der Waals surface area contributed by atoms with E-state index in [9.17, 15) is 0 Å². The molecule has 6 nitrogen and oxygen atoms in total. The Morgan fingerprint density at radius 1 is 1.19 bits per heavy atom. The largest absolute Gasteiger partial charge is 0.424 e. The second-order valence-electron chi connectivity index (χ2n) is 4.46. The zero-order chi connectivity index (χ0) is 15.4. The van der Waals surface area contributed by atoms with E-state index in [2.05, 4.69) is 30.9 Å². The fourth-order valence-electron chi connectivity index (χ4n) is 1.88. The van der Waals surface area contributed by atoms with Crippen molar-refractivity contribution >= 4 is 27.8 Å². The molecule has 2 aromatic rings. The lowest BCUT2D eigenvalue weighted by Crippen LogP contribution is -2.25. The summed E-state index contributed by atoms with van der Waals surface area (Å²) in [6.07, 6.45) is 0. The standard InChI is InChI=1S/C14H18BrN5O/c1-4-20(5-2)13-17-12(16)18-14(19-13)21-11-7-6-10(15)8-9(11)3/h6-8H,4-5H2,1-3H3,(H2,16,17,18,19). The van der Waals surface area contributed by atoms with Crippen LogP contribution in [0, 0.1) is 6.92 Å². The normalized spacial score (nSPS) is 10.5. The molecule has 0 amide bonds. The summed E-state index contributed by atoms with van der Waals surface area (Å²) in [7, 11) is 0. The van der Waals surface area contributed by atoms with Gasteiger partial charge in [-0.25, -0.2) is 0 Å². The number of hydrogen-bond acceptors (Lipinski definition) is 6. The molecule has 112 valence electrons. The molecular formula is C14H18BrN5O. The van der Waals surface area contributed by atoms with Gasteiger partial charge in [0.05, 0.1) is 0 Å². The molecule has 1 aromatic heterocycles. The van der Waals surface area contributed by atoms with Gasteiger partial charge < -0.3 is 15.4 Å². The van der Waals surface area contributed by atoms with Gasteiger partial charge in [0, 0.05) is 17.6 Å². The minimum Gasteiger partial charge on any atom is -0.424 e. The van der Waals surface area contributed by atoms with Crippen LogP contribution < -0.4 is 15.4 Å². The van der Waals surface area contributed by atoms with Crippen molar-refractivity contribution in [1.29, 1.82) is 0 Å². The highest BCUT2D eigenvalue weighted by Gasteiger charge is 2.12. The molecule has 0 saturated carbocycles. The van der Waals surface area contributed by atoms with Crippen LogP contribution in [0.2, 0.25) is 0 Å². The van der Waals surface area contributed by atoms with Crippen LogP contribution in [-0.2, 0) is 0 Å². The third-order valence-electron chi connectivity index (χ3n) is 3.00. The van der Waals surface area contributed by atoms with E-state index in [0.717, 1.165) is 23.1 Å². The quantitative estimate of drug-likeness (QED) is 0.891. The van der Waals surface area contributed by atoms with E-state index in [0.29, 0.717) is 11.7 Å². The van der Waals surface area contributed by atoms with Gasteiger partial charge in [0.1, 0.15) is 5.75 Å². The maximum Gasteiger partial charge on any atom is 0.328 e. The molecule has 0 spiro atoms. The molecule has 0 saturated heterocycles. The molecule has 1 heterocycles. The number of benzene rings is 1. The molecule has 0 fully saturated rings. The highest BCUT2D eigenvalue weighted by atomic mass is 79.9. The Labute approximate surface area is 132 Å². The highest BCUT2D eigenvalue weighted by molar-refractivity contribution is 9.10. The van der Waals surface area contributed by atoms with Crippen LogP contribution in [0.5, 0.6) is 11.8 Å². The predicted molar refractivity (Wildman–Crippen MR) is 86.8 cm³/mol. The summed E-state index contributed by atoms with van der Waals surface area (Å²) < 4.78 is 6.73. The van der Waals surface area contributed by atoms with Crippen molar-refractivity contribution in [1.82, 2.24) is 15.0 Å². The molecule has 0 bridgehead atoms. The zero-order valence-corrected chi connectivity index (χ0v) is 13.9. The first-order valence-electron chi connectivity index (χ1n) is 6.74. The summed E-state index contributed by atoms with van der Waals surface area (Å²) in [6.45, 7) is 7.59. The van der Waals surface area contributed by atoms with E-state index in [1.807, 2.05) is 43.9 Å². The van der Waals surface area contributed by atoms with Crippen LogP contribution in [0.1, 0.15) is 19.4 Å². The molecule has 1 aromatic carbocycles. The first kappa shape index (κ1) is 15.5. The fraction of sp³-hybridized carbons (Fsp3) is 0.357. The summed E-state index contributed by atoms with van der Waals surface area (Å²) >= 11 is 3.42. The summed E-state index contributed by atoms with van der Waals surface area (Å²) in [5.41, 5.74) is 6.73. The van der Waals surface area contributed by atoms with E-state index in [1.54, 1.807) is 0 Å². The second kappa shape index (κ2) is 6.71. The Bertz CT molecular complexity index is 631. The number of rotatable bonds is 5. The summed E-state index contributed by atoms with van der Waals surface area (Å²) in [5, 5.41) is 0. The van der Waals surface area contributed by atoms with Crippen LogP contribution in [0.4, 0.5) is 11.9 Å². The molecule has 0 aliphatic heterocycles. The lowest BCUT2D eigenvalue weighted by molar-refractivity contribution is 0.437. The lowest BCUT2D eigenvalue weighted by atomic mass is 10.2. The number of halogens is 1. The summed E-state index contributed by atoms with van der Waals surface area (Å²) in [6, 6.07) is 5.93. The van der Waals surface area contributed by atoms with Gasteiger partial charge >= 0.3 is 6.01 Å². The Morgan fingerprint density at radius 2 is 1.90 bits per heavy atom. The van der Waals surface area contributed by atoms with Gasteiger partial charge in [-0.2, -0.15) is 15.0 Å². The van der Waals surface area contributed by atoms with E-state index in [4.69, 9.17) is 10.5 Å². The minimum absolute atomic E-state index is 0.150. The number of nitrogens with zero attached hydrogens (tertiary/aromatic N) is 4. The van der Waals surface area contributed by atoms with Crippen molar-refractivity contribution in [2.24, 2.45) is 0 Å². The van der Waals surface area contributed by atoms with Crippen molar-refractivity contribution in [2.75, 3.05) is 23.7 Å². The third kappa shape index (κ3) is 3.81. The molecule has 0 atom stereocenters. The van der Waals surface area contributed by atoms with E-state index < -0.39 is 0 Å². The Kier molecular flexibility index (Phi) is 4.95. The number of hydrogen-bond donors (Lipinski definition) is 1. The van der Waals surface area contributed by atoms with Crippen LogP contribution in [0.15, 0.2) is 22.7 Å². The maximum atomic E-state index is 5.75. The number of anilines is 2. The second-order valence-corrected chi connectivity index (χ2v) is 5.38. The number of nitrogen functional groups attached to an aromatic ring is 1. The van der Waals surface area contributed by atoms with Crippen LogP contribution in [-0.4, -0.2) is 28.0 Å². The zero-order valence-electron chi connectivity index (χ0n) is 12.3. The number of nitrogens with two attached hydrogens (primary N) is 1. The van der Waals surface area contributed by atoms with Crippen molar-refractivity contribution in [3.05, 3.63) is 28.2 Å². The minimum atomic E-state index is 0.150. The van der Waals surface area contributed by atoms with Gasteiger partial charge in [0.2, 0.25) is 11.9 Å². The fourth-order valence-corrected chi connectivity index (χ4v) is 2.36. The molecule has 2 N–H and O–H groups in total. The van der Waals surface area contributed by atoms with Crippen molar-refractivity contribution < 1.29 is 4.74 Å². The Balaban J connectivity index is 2.31. The lowest BCUT2D eigenvalue weighted by Gasteiger charge is -2.18. The topological polar surface area (TPSA) is 77.2 Å². The van der Waals surface area contributed by atoms with Gasteiger partial charge in [-0.15, -0.1) is 0 Å². The van der Waals surface area contributed by atoms with E-state index in [-0.39, 0.29) is 12.0 Å². The molecular weight excluding hydrogens is 334 g/mol. The molecule has 2 rings (SSSR count). The van der Waals surface area contributed by atoms with Crippen LogP contribution in [0.25, 0.3) is 0 Å². The van der Waals surface area contributed by atoms with Crippen LogP contribution >= 0.6 is 15.9 Å². The van der Waals surface area contributed by atoms with Gasteiger partial charge in [0.25, 0.3) is 0 Å². The van der Waals surface area contributed by atoms with E-state index in [1.165, 1.54) is 0 Å². The predicted octanol–water partition coefficient (Wildman–Crippen LogP) is 3.16. The van der Waals surface area contributed by atoms with Gasteiger partial charge in [0.15, 0.2) is 0 Å². The van der Waals surface area contributed by atoms with Gasteiger partial charge in [-0.05, 0) is 44.5 Å². The van der Waals surface area contributed by atoms with Crippen molar-refractivity contribution in [3.8, 4) is 11.8 Å². The number of aryl methyl sites for hydroxylation is 1. The van der Waals surface area contributed by atoms with Gasteiger partial charge in [-0.3, -0.25) is 0 Å². The molecule has 7 heteroatoms. The Hall–Kier alpha value is -1.89. The molecule has 21 heavy (non-hydrogen) atoms.